The molecule has 48 heavy (non-hydrogen) atoms. The van der Waals surface area contributed by atoms with Crippen LogP contribution in [0.2, 0.25) is 0 Å². The van der Waals surface area contributed by atoms with E-state index >= 15 is 0 Å². The van der Waals surface area contributed by atoms with Gasteiger partial charge in [0.05, 0.1) is 0 Å². The minimum absolute atomic E-state index is 0.0613. The van der Waals surface area contributed by atoms with Gasteiger partial charge in [-0.25, -0.2) is 11.1 Å². The second-order valence-electron chi connectivity index (χ2n) is 11.1. The molecule has 0 bridgehead atoms. The van der Waals surface area contributed by atoms with Crippen LogP contribution in [0.25, 0.3) is 54.9 Å². The van der Waals surface area contributed by atoms with Gasteiger partial charge in [0.15, 0.2) is 11.5 Å². The Morgan fingerprint density at radius 1 is 0.542 bits per heavy atom. The first-order chi connectivity index (χ1) is 22.7. The Labute approximate surface area is 274 Å². The highest BCUT2D eigenvalue weighted by Gasteiger charge is 2.30. The van der Waals surface area contributed by atoms with Gasteiger partial charge < -0.3 is 10.2 Å². The normalized spacial score (nSPS) is 12.0. The van der Waals surface area contributed by atoms with Crippen molar-refractivity contribution in [3.05, 3.63) is 96.1 Å². The molecule has 0 amide bonds. The van der Waals surface area contributed by atoms with Crippen molar-refractivity contribution in [3.8, 4) is 44.9 Å². The summed E-state index contributed by atoms with van der Waals surface area (Å²) >= 11 is 0. The first kappa shape index (κ1) is 32.4. The van der Waals surface area contributed by atoms with Crippen LogP contribution < -0.4 is 0 Å². The molecule has 0 aliphatic heterocycles. The molecule has 6 rings (SSSR count). The van der Waals surface area contributed by atoms with Gasteiger partial charge in [0.2, 0.25) is 0 Å². The fraction of sp³-hybridized carbons (Fsp3) is 0.0588. The van der Waals surface area contributed by atoms with Crippen molar-refractivity contribution in [1.82, 2.24) is 0 Å². The van der Waals surface area contributed by atoms with Crippen molar-refractivity contribution in [3.63, 3.8) is 0 Å². The molecule has 0 unspecified atom stereocenters. The van der Waals surface area contributed by atoms with E-state index in [0.717, 1.165) is 11.1 Å². The van der Waals surface area contributed by atoms with E-state index in [4.69, 9.17) is 11.1 Å². The molecule has 14 heteroatoms. The van der Waals surface area contributed by atoms with Crippen molar-refractivity contribution in [2.24, 2.45) is 10.2 Å². The van der Waals surface area contributed by atoms with Crippen LogP contribution in [0.15, 0.2) is 105 Å². The summed E-state index contributed by atoms with van der Waals surface area (Å²) in [7, 11) is -9.91. The first-order valence-electron chi connectivity index (χ1n) is 14.2. The fourth-order valence-electron chi connectivity index (χ4n) is 6.29. The van der Waals surface area contributed by atoms with Crippen LogP contribution in [-0.2, 0) is 20.2 Å². The third kappa shape index (κ3) is 5.16. The molecule has 242 valence electrons. The zero-order chi connectivity index (χ0) is 34.7. The number of aryl methyl sites for hydroxylation is 2. The van der Waals surface area contributed by atoms with Crippen LogP contribution in [0.1, 0.15) is 11.1 Å². The molecule has 0 atom stereocenters. The predicted molar refractivity (Wildman–Crippen MR) is 180 cm³/mol. The van der Waals surface area contributed by atoms with Gasteiger partial charge in [-0.2, -0.15) is 27.1 Å². The number of phenolic OH excluding ortho intramolecular Hbond substituents is 2. The van der Waals surface area contributed by atoms with Crippen LogP contribution in [0.5, 0.6) is 11.5 Å². The molecule has 0 spiro atoms. The van der Waals surface area contributed by atoms with Crippen molar-refractivity contribution < 1.29 is 36.2 Å². The van der Waals surface area contributed by atoms with Crippen LogP contribution in [0, 0.1) is 24.9 Å². The molecule has 0 fully saturated rings. The van der Waals surface area contributed by atoms with E-state index in [-0.39, 0.29) is 21.9 Å². The number of fused-ring (bicyclic) bond motifs is 2. The summed E-state index contributed by atoms with van der Waals surface area (Å²) in [6.45, 7) is 3.59. The topological polar surface area (TPSA) is 222 Å². The number of aromatic hydroxyl groups is 2. The lowest BCUT2D eigenvalue weighted by Crippen LogP contribution is -2.03. The molecular weight excluding hydrogens is 657 g/mol. The summed E-state index contributed by atoms with van der Waals surface area (Å²) in [6.07, 6.45) is 0. The molecule has 6 N–H and O–H groups in total. The lowest BCUT2D eigenvalue weighted by molar-refractivity contribution is 0.472. The molecule has 12 nitrogen and oxygen atoms in total. The van der Waals surface area contributed by atoms with Gasteiger partial charge in [0, 0.05) is 21.9 Å². The highest BCUT2D eigenvalue weighted by Crippen LogP contribution is 2.50. The lowest BCUT2D eigenvalue weighted by Gasteiger charge is -2.18. The van der Waals surface area contributed by atoms with Crippen LogP contribution in [0.4, 0.5) is 11.4 Å². The van der Waals surface area contributed by atoms with Crippen molar-refractivity contribution >= 4 is 53.2 Å². The minimum Gasteiger partial charge on any atom is -0.505 e. The maximum Gasteiger partial charge on any atom is 0.297 e. The van der Waals surface area contributed by atoms with E-state index in [0.29, 0.717) is 33.0 Å². The smallest absolute Gasteiger partial charge is 0.297 e. The predicted octanol–water partition coefficient (Wildman–Crippen LogP) is 8.84. The molecule has 6 aromatic rings. The van der Waals surface area contributed by atoms with Crippen LogP contribution >= 0.6 is 0 Å². The zero-order valence-electron chi connectivity index (χ0n) is 25.2. The summed E-state index contributed by atoms with van der Waals surface area (Å²) in [4.78, 5) is -1.40. The Bertz CT molecular complexity index is 2420. The molecule has 0 saturated heterocycles. The third-order valence-electron chi connectivity index (χ3n) is 8.30. The Hall–Kier alpha value is -5.54. The first-order valence-corrected chi connectivity index (χ1v) is 17.0. The van der Waals surface area contributed by atoms with Gasteiger partial charge >= 0.3 is 0 Å². The van der Waals surface area contributed by atoms with Gasteiger partial charge in [0.25, 0.3) is 20.2 Å². The largest absolute Gasteiger partial charge is 0.505 e. The van der Waals surface area contributed by atoms with Crippen molar-refractivity contribution in [2.45, 2.75) is 23.6 Å². The molecule has 0 aromatic heterocycles. The number of phenols is 2. The van der Waals surface area contributed by atoms with E-state index in [1.165, 1.54) is 0 Å². The highest BCUT2D eigenvalue weighted by atomic mass is 32.2. The number of benzene rings is 6. The van der Waals surface area contributed by atoms with E-state index < -0.39 is 52.9 Å². The maximum atomic E-state index is 12.6. The second kappa shape index (κ2) is 11.6. The molecule has 6 aromatic carbocycles. The summed E-state index contributed by atoms with van der Waals surface area (Å²) in [5.74, 6) is -1.11. The Kier molecular flexibility index (Phi) is 7.84. The van der Waals surface area contributed by atoms with Crippen LogP contribution in [0.3, 0.4) is 0 Å². The summed E-state index contributed by atoms with van der Waals surface area (Å²) in [5.41, 5.74) is 17.7. The quantitative estimate of drug-likeness (QED) is 0.0703. The maximum absolute atomic E-state index is 12.6. The number of hydrogen-bond donors (Lipinski definition) is 6. The number of nitrogens with one attached hydrogen (secondary N) is 2. The summed E-state index contributed by atoms with van der Waals surface area (Å²) in [5, 5.41) is 29.1. The molecule has 0 radical (unpaired) electrons. The van der Waals surface area contributed by atoms with E-state index in [9.17, 15) is 36.2 Å². The van der Waals surface area contributed by atoms with Gasteiger partial charge in [-0.3, -0.25) is 9.11 Å². The van der Waals surface area contributed by atoms with Gasteiger partial charge in [-0.1, -0.05) is 84.9 Å². The van der Waals surface area contributed by atoms with Crippen molar-refractivity contribution in [1.29, 1.82) is 11.1 Å². The monoisotopic (exact) mass is 682 g/mol. The number of hydrogen-bond acceptors (Lipinski definition) is 10. The van der Waals surface area contributed by atoms with E-state index in [1.54, 1.807) is 98.8 Å². The van der Waals surface area contributed by atoms with Gasteiger partial charge in [-0.15, -0.1) is 0 Å². The SMILES string of the molecule is Cc1cc(-c2c(S(=O)(=O)O)c(N=N)c(O)c3ccccc23)ccc1-c1ccc(-c2c(S(=O)(=O)O)c(N=N)c(O)c3ccccc23)cc1C. The number of nitrogens with zero attached hydrogens (tertiary/aromatic N) is 2. The van der Waals surface area contributed by atoms with Crippen LogP contribution in [-0.4, -0.2) is 36.2 Å². The van der Waals surface area contributed by atoms with E-state index in [1.807, 2.05) is 0 Å². The zero-order valence-corrected chi connectivity index (χ0v) is 26.8. The van der Waals surface area contributed by atoms with E-state index in [2.05, 4.69) is 10.2 Å². The summed E-state index contributed by atoms with van der Waals surface area (Å²) in [6, 6.07) is 23.0. The Morgan fingerprint density at radius 3 is 1.17 bits per heavy atom. The standard InChI is InChI=1S/C34H26N4O8S2/c1-17-15-19(27-23-7-3-5-9-25(23)31(39)29(37-35)33(27)47(41,42)43)11-13-21(17)22-14-12-20(16-18(22)2)28-24-8-4-6-10-26(24)32(40)30(38-36)34(28)48(44,45)46/h3-16,35-36,39-40H,1-2H3,(H,41,42,43)(H,44,45,46). The Morgan fingerprint density at radius 2 is 0.875 bits per heavy atom. The molecule has 0 saturated carbocycles. The average Bonchev–Trinajstić information content (AvgIpc) is 3.04. The molecule has 0 aliphatic rings. The minimum atomic E-state index is -4.96. The highest BCUT2D eigenvalue weighted by molar-refractivity contribution is 7.86. The van der Waals surface area contributed by atoms with Gasteiger partial charge in [0.1, 0.15) is 21.2 Å². The molecule has 0 aliphatic carbocycles. The van der Waals surface area contributed by atoms with Gasteiger partial charge in [-0.05, 0) is 58.0 Å². The third-order valence-corrected chi connectivity index (χ3v) is 10.1. The fourth-order valence-corrected chi connectivity index (χ4v) is 8.04. The summed E-state index contributed by atoms with van der Waals surface area (Å²) < 4.78 is 70.9. The molecular formula is C34H26N4O8S2. The second-order valence-corrected chi connectivity index (χ2v) is 13.8. The molecule has 0 heterocycles. The average molecular weight is 683 g/mol. The van der Waals surface area contributed by atoms with Crippen molar-refractivity contribution in [2.75, 3.05) is 0 Å². The number of rotatable bonds is 7. The Balaban J connectivity index is 1.56. The lowest BCUT2D eigenvalue weighted by atomic mass is 9.89.